The van der Waals surface area contributed by atoms with Crippen molar-refractivity contribution in [1.29, 1.82) is 0 Å². The van der Waals surface area contributed by atoms with Crippen LogP contribution in [-0.2, 0) is 15.8 Å². The fourth-order valence-electron chi connectivity index (χ4n) is 2.89. The lowest BCUT2D eigenvalue weighted by molar-refractivity contribution is 0.352. The number of sulfonamides is 1. The van der Waals surface area contributed by atoms with Crippen LogP contribution in [0.5, 0.6) is 0 Å². The Kier molecular flexibility index (Phi) is 5.64. The molecule has 1 fully saturated rings. The van der Waals surface area contributed by atoms with Gasteiger partial charge in [0, 0.05) is 24.1 Å². The zero-order valence-electron chi connectivity index (χ0n) is 13.9. The van der Waals surface area contributed by atoms with Crippen LogP contribution in [0, 0.1) is 6.92 Å². The zero-order chi connectivity index (χ0) is 17.0. The lowest BCUT2D eigenvalue weighted by atomic mass is 10.2. The zero-order valence-corrected chi connectivity index (χ0v) is 15.5. The largest absolute Gasteiger partial charge is 0.243 e. The van der Waals surface area contributed by atoms with Crippen LogP contribution in [0.1, 0.15) is 24.0 Å². The molecule has 0 spiro atoms. The van der Waals surface area contributed by atoms with Gasteiger partial charge < -0.3 is 0 Å². The Hall–Kier alpha value is -1.30. The summed E-state index contributed by atoms with van der Waals surface area (Å²) < 4.78 is 27.0. The first-order valence-electron chi connectivity index (χ1n) is 8.28. The lowest BCUT2D eigenvalue weighted by Crippen LogP contribution is -2.39. The molecule has 1 heterocycles. The molecule has 2 aromatic rings. The second kappa shape index (κ2) is 7.72. The van der Waals surface area contributed by atoms with Crippen molar-refractivity contribution < 1.29 is 8.42 Å². The fraction of sp³-hybridized carbons (Fsp3) is 0.368. The second-order valence-electron chi connectivity index (χ2n) is 6.21. The molecule has 24 heavy (non-hydrogen) atoms. The van der Waals surface area contributed by atoms with E-state index >= 15 is 0 Å². The molecule has 0 aromatic heterocycles. The van der Waals surface area contributed by atoms with Gasteiger partial charge in [0.25, 0.3) is 0 Å². The molecule has 3 rings (SSSR count). The third kappa shape index (κ3) is 4.21. The Labute approximate surface area is 149 Å². The van der Waals surface area contributed by atoms with Gasteiger partial charge in [-0.2, -0.15) is 16.1 Å². The predicted molar refractivity (Wildman–Crippen MR) is 101 cm³/mol. The number of rotatable bonds is 5. The molecule has 1 aliphatic rings. The molecular formula is C19H23NO2S2. The van der Waals surface area contributed by atoms with E-state index in [1.165, 1.54) is 5.56 Å². The molecule has 0 radical (unpaired) electrons. The Morgan fingerprint density at radius 2 is 1.62 bits per heavy atom. The van der Waals surface area contributed by atoms with Crippen molar-refractivity contribution in [1.82, 2.24) is 4.31 Å². The van der Waals surface area contributed by atoms with E-state index in [0.717, 1.165) is 24.2 Å². The Balaban J connectivity index is 1.55. The summed E-state index contributed by atoms with van der Waals surface area (Å²) in [4.78, 5) is 0.406. The van der Waals surface area contributed by atoms with E-state index < -0.39 is 10.0 Å². The summed E-state index contributed by atoms with van der Waals surface area (Å²) >= 11 is 1.94. The van der Waals surface area contributed by atoms with Gasteiger partial charge in [-0.05, 0) is 37.5 Å². The Morgan fingerprint density at radius 1 is 1.00 bits per heavy atom. The van der Waals surface area contributed by atoms with Crippen LogP contribution >= 0.6 is 11.8 Å². The number of hydrogen-bond acceptors (Lipinski definition) is 3. The molecular weight excluding hydrogens is 338 g/mol. The SMILES string of the molecule is Cc1ccc(S(=O)(=O)N2CCC(SCc3ccccc3)CC2)cc1. The van der Waals surface area contributed by atoms with Gasteiger partial charge in [0.15, 0.2) is 0 Å². The number of aryl methyl sites for hydroxylation is 1. The molecule has 0 unspecified atom stereocenters. The monoisotopic (exact) mass is 361 g/mol. The molecule has 0 N–H and O–H groups in total. The average Bonchev–Trinajstić information content (AvgIpc) is 2.61. The summed E-state index contributed by atoms with van der Waals surface area (Å²) in [6, 6.07) is 17.6. The highest BCUT2D eigenvalue weighted by Crippen LogP contribution is 2.29. The molecule has 0 aliphatic carbocycles. The van der Waals surface area contributed by atoms with E-state index in [9.17, 15) is 8.42 Å². The summed E-state index contributed by atoms with van der Waals surface area (Å²) in [6.45, 7) is 3.19. The van der Waals surface area contributed by atoms with E-state index in [2.05, 4.69) is 24.3 Å². The number of nitrogens with zero attached hydrogens (tertiary/aromatic N) is 1. The topological polar surface area (TPSA) is 37.4 Å². The van der Waals surface area contributed by atoms with Crippen molar-refractivity contribution in [3.63, 3.8) is 0 Å². The van der Waals surface area contributed by atoms with Gasteiger partial charge in [0.2, 0.25) is 10.0 Å². The third-order valence-corrected chi connectivity index (χ3v) is 7.74. The first kappa shape index (κ1) is 17.5. The standard InChI is InChI=1S/C19H23NO2S2/c1-16-7-9-19(10-8-16)24(21,22)20-13-11-18(12-14-20)23-15-17-5-3-2-4-6-17/h2-10,18H,11-15H2,1H3. The minimum atomic E-state index is -3.35. The van der Waals surface area contributed by atoms with Crippen molar-refractivity contribution in [3.05, 3.63) is 65.7 Å². The van der Waals surface area contributed by atoms with Crippen LogP contribution in [0.15, 0.2) is 59.5 Å². The number of piperidine rings is 1. The van der Waals surface area contributed by atoms with Crippen molar-refractivity contribution >= 4 is 21.8 Å². The maximum Gasteiger partial charge on any atom is 0.243 e. The van der Waals surface area contributed by atoms with Gasteiger partial charge in [0.1, 0.15) is 0 Å². The summed E-state index contributed by atoms with van der Waals surface area (Å²) in [5, 5.41) is 0.537. The molecule has 0 amide bonds. The van der Waals surface area contributed by atoms with E-state index in [1.54, 1.807) is 16.4 Å². The molecule has 5 heteroatoms. The summed E-state index contributed by atoms with van der Waals surface area (Å²) in [6.07, 6.45) is 1.84. The maximum absolute atomic E-state index is 12.7. The predicted octanol–water partition coefficient (Wildman–Crippen LogP) is 4.08. The summed E-state index contributed by atoms with van der Waals surface area (Å²) in [5.74, 6) is 0.996. The molecule has 2 aromatic carbocycles. The highest BCUT2D eigenvalue weighted by Gasteiger charge is 2.29. The van der Waals surface area contributed by atoms with Gasteiger partial charge in [-0.1, -0.05) is 48.0 Å². The Bertz CT molecular complexity index is 750. The van der Waals surface area contributed by atoms with Crippen LogP contribution in [0.3, 0.4) is 0 Å². The quantitative estimate of drug-likeness (QED) is 0.805. The van der Waals surface area contributed by atoms with Crippen molar-refractivity contribution in [2.24, 2.45) is 0 Å². The number of hydrogen-bond donors (Lipinski definition) is 0. The third-order valence-electron chi connectivity index (χ3n) is 4.39. The first-order valence-corrected chi connectivity index (χ1v) is 10.8. The van der Waals surface area contributed by atoms with Gasteiger partial charge >= 0.3 is 0 Å². The fourth-order valence-corrected chi connectivity index (χ4v) is 5.52. The van der Waals surface area contributed by atoms with Gasteiger partial charge in [0.05, 0.1) is 4.90 Å². The number of benzene rings is 2. The molecule has 3 nitrogen and oxygen atoms in total. The molecule has 0 saturated carbocycles. The van der Waals surface area contributed by atoms with Crippen LogP contribution in [0.4, 0.5) is 0 Å². The highest BCUT2D eigenvalue weighted by atomic mass is 32.2. The molecule has 0 bridgehead atoms. The van der Waals surface area contributed by atoms with E-state index in [-0.39, 0.29) is 0 Å². The first-order chi connectivity index (χ1) is 11.6. The molecule has 0 atom stereocenters. The normalized spacial score (nSPS) is 17.0. The minimum Gasteiger partial charge on any atom is -0.207 e. The second-order valence-corrected chi connectivity index (χ2v) is 9.44. The van der Waals surface area contributed by atoms with Crippen molar-refractivity contribution in [2.75, 3.05) is 13.1 Å². The maximum atomic E-state index is 12.7. The van der Waals surface area contributed by atoms with E-state index in [4.69, 9.17) is 0 Å². The smallest absolute Gasteiger partial charge is 0.207 e. The summed E-state index contributed by atoms with van der Waals surface area (Å²) in [7, 11) is -3.35. The van der Waals surface area contributed by atoms with E-state index in [1.807, 2.05) is 36.9 Å². The molecule has 128 valence electrons. The van der Waals surface area contributed by atoms with Crippen LogP contribution in [-0.4, -0.2) is 31.1 Å². The van der Waals surface area contributed by atoms with Gasteiger partial charge in [-0.15, -0.1) is 0 Å². The van der Waals surface area contributed by atoms with Gasteiger partial charge in [-0.3, -0.25) is 0 Å². The average molecular weight is 362 g/mol. The lowest BCUT2D eigenvalue weighted by Gasteiger charge is -2.31. The summed E-state index contributed by atoms with van der Waals surface area (Å²) in [5.41, 5.74) is 2.40. The van der Waals surface area contributed by atoms with Crippen LogP contribution in [0.2, 0.25) is 0 Å². The highest BCUT2D eigenvalue weighted by molar-refractivity contribution is 7.99. The van der Waals surface area contributed by atoms with Crippen molar-refractivity contribution in [3.8, 4) is 0 Å². The van der Waals surface area contributed by atoms with Crippen LogP contribution in [0.25, 0.3) is 0 Å². The van der Waals surface area contributed by atoms with Crippen molar-refractivity contribution in [2.45, 2.75) is 35.7 Å². The van der Waals surface area contributed by atoms with Crippen LogP contribution < -0.4 is 0 Å². The molecule has 1 saturated heterocycles. The minimum absolute atomic E-state index is 0.406. The number of thioether (sulfide) groups is 1. The Morgan fingerprint density at radius 3 is 2.25 bits per heavy atom. The van der Waals surface area contributed by atoms with E-state index in [0.29, 0.717) is 23.2 Å². The molecule has 1 aliphatic heterocycles. The van der Waals surface area contributed by atoms with Gasteiger partial charge in [-0.25, -0.2) is 8.42 Å².